The number of alkyl halides is 3. The van der Waals surface area contributed by atoms with Crippen molar-refractivity contribution in [3.63, 3.8) is 0 Å². The number of hydrogen-bond acceptors (Lipinski definition) is 7. The van der Waals surface area contributed by atoms with Crippen molar-refractivity contribution in [2.75, 3.05) is 37.6 Å². The normalized spacial score (nSPS) is 15.5. The predicted octanol–water partition coefficient (Wildman–Crippen LogP) is 1.06. The summed E-state index contributed by atoms with van der Waals surface area (Å²) < 4.78 is 41.5. The third-order valence-corrected chi connectivity index (χ3v) is 4.86. The second-order valence-corrected chi connectivity index (χ2v) is 6.79. The van der Waals surface area contributed by atoms with E-state index in [9.17, 15) is 18.0 Å². The highest BCUT2D eigenvalue weighted by Gasteiger charge is 2.33. The third kappa shape index (κ3) is 4.48. The minimum absolute atomic E-state index is 0.204. The number of nitrogens with zero attached hydrogens (tertiary/aromatic N) is 8. The second kappa shape index (κ2) is 8.22. The predicted molar refractivity (Wildman–Crippen MR) is 101 cm³/mol. The molecule has 0 amide bonds. The van der Waals surface area contributed by atoms with Crippen LogP contribution in [-0.4, -0.2) is 67.2 Å². The smallest absolute Gasteiger partial charge is 0.354 e. The third-order valence-electron chi connectivity index (χ3n) is 4.86. The summed E-state index contributed by atoms with van der Waals surface area (Å²) in [6.45, 7) is 3.34. The summed E-state index contributed by atoms with van der Waals surface area (Å²) in [5.74, 6) is 0.815. The molecule has 0 aliphatic carbocycles. The fourth-order valence-electron chi connectivity index (χ4n) is 3.24. The van der Waals surface area contributed by atoms with Gasteiger partial charge in [0.2, 0.25) is 0 Å². The van der Waals surface area contributed by atoms with E-state index in [4.69, 9.17) is 0 Å². The van der Waals surface area contributed by atoms with E-state index in [1.54, 1.807) is 34.1 Å². The Morgan fingerprint density at radius 1 is 1.00 bits per heavy atom. The van der Waals surface area contributed by atoms with Crippen molar-refractivity contribution >= 4 is 5.82 Å². The largest absolute Gasteiger partial charge is 0.433 e. The number of aromatic nitrogens is 6. The maximum Gasteiger partial charge on any atom is 0.433 e. The van der Waals surface area contributed by atoms with Gasteiger partial charge in [0.05, 0.1) is 6.54 Å². The zero-order valence-corrected chi connectivity index (χ0v) is 15.9. The van der Waals surface area contributed by atoms with Crippen molar-refractivity contribution in [3.8, 4) is 5.82 Å². The molecule has 0 N–H and O–H groups in total. The average molecular weight is 420 g/mol. The number of piperazine rings is 1. The standard InChI is InChI=1S/C18H19F3N8O/c19-18(20,21)14-12-16(23-13-22-14)27-9-6-26(7-10-27)8-11-29-17(30)3-2-15(25-29)28-5-1-4-24-28/h1-5,12-13H,6-11H2. The Hall–Kier alpha value is -3.28. The van der Waals surface area contributed by atoms with Crippen LogP contribution in [0.15, 0.2) is 47.8 Å². The number of anilines is 1. The van der Waals surface area contributed by atoms with E-state index in [1.807, 2.05) is 0 Å². The lowest BCUT2D eigenvalue weighted by molar-refractivity contribution is -0.141. The molecule has 1 aliphatic heterocycles. The molecule has 0 unspecified atom stereocenters. The molecular formula is C18H19F3N8O. The van der Waals surface area contributed by atoms with Gasteiger partial charge in [-0.05, 0) is 12.1 Å². The Morgan fingerprint density at radius 3 is 2.50 bits per heavy atom. The molecule has 158 valence electrons. The van der Waals surface area contributed by atoms with Gasteiger partial charge >= 0.3 is 6.18 Å². The summed E-state index contributed by atoms with van der Waals surface area (Å²) in [7, 11) is 0. The Kier molecular flexibility index (Phi) is 5.48. The van der Waals surface area contributed by atoms with Crippen molar-refractivity contribution in [1.82, 2.24) is 34.4 Å². The first-order valence-electron chi connectivity index (χ1n) is 9.35. The van der Waals surface area contributed by atoms with Crippen LogP contribution in [0.5, 0.6) is 0 Å². The molecule has 3 aromatic heterocycles. The highest BCUT2D eigenvalue weighted by Crippen LogP contribution is 2.29. The molecule has 30 heavy (non-hydrogen) atoms. The fourth-order valence-corrected chi connectivity index (χ4v) is 3.24. The van der Waals surface area contributed by atoms with Gasteiger partial charge in [0.15, 0.2) is 5.82 Å². The lowest BCUT2D eigenvalue weighted by atomic mass is 10.3. The van der Waals surface area contributed by atoms with Gasteiger partial charge in [0.25, 0.3) is 5.56 Å². The molecule has 0 bridgehead atoms. The molecule has 0 radical (unpaired) electrons. The maximum absolute atomic E-state index is 12.9. The Bertz CT molecular complexity index is 1040. The molecule has 0 atom stereocenters. The molecule has 1 aliphatic rings. The van der Waals surface area contributed by atoms with Crippen molar-refractivity contribution < 1.29 is 13.2 Å². The first-order valence-corrected chi connectivity index (χ1v) is 9.35. The van der Waals surface area contributed by atoms with E-state index >= 15 is 0 Å². The van der Waals surface area contributed by atoms with Crippen LogP contribution in [-0.2, 0) is 12.7 Å². The summed E-state index contributed by atoms with van der Waals surface area (Å²) in [6, 6.07) is 5.81. The molecule has 12 heteroatoms. The van der Waals surface area contributed by atoms with E-state index in [2.05, 4.69) is 25.1 Å². The summed E-state index contributed by atoms with van der Waals surface area (Å²) in [5.41, 5.74) is -1.15. The Balaban J connectivity index is 1.35. The van der Waals surface area contributed by atoms with Crippen LogP contribution < -0.4 is 10.5 Å². The topological polar surface area (TPSA) is 85.0 Å². The summed E-state index contributed by atoms with van der Waals surface area (Å²) in [6.07, 6.45) is -0.181. The van der Waals surface area contributed by atoms with Gasteiger partial charge in [0.1, 0.15) is 17.8 Å². The number of hydrogen-bond donors (Lipinski definition) is 0. The van der Waals surface area contributed by atoms with Crippen LogP contribution in [0.3, 0.4) is 0 Å². The number of halogens is 3. The lowest BCUT2D eigenvalue weighted by Crippen LogP contribution is -2.48. The maximum atomic E-state index is 12.9. The quantitative estimate of drug-likeness (QED) is 0.610. The van der Waals surface area contributed by atoms with E-state index in [1.165, 1.54) is 10.7 Å². The number of rotatable bonds is 5. The lowest BCUT2D eigenvalue weighted by Gasteiger charge is -2.35. The van der Waals surface area contributed by atoms with Gasteiger partial charge in [-0.2, -0.15) is 18.3 Å². The molecule has 0 aromatic carbocycles. The molecular weight excluding hydrogens is 401 g/mol. The molecule has 1 fully saturated rings. The Labute approximate surface area is 169 Å². The van der Waals surface area contributed by atoms with Gasteiger partial charge in [-0.1, -0.05) is 0 Å². The van der Waals surface area contributed by atoms with Crippen molar-refractivity contribution in [2.24, 2.45) is 0 Å². The highest BCUT2D eigenvalue weighted by atomic mass is 19.4. The zero-order valence-electron chi connectivity index (χ0n) is 15.9. The van der Waals surface area contributed by atoms with Crippen LogP contribution in [0.2, 0.25) is 0 Å². The minimum Gasteiger partial charge on any atom is -0.354 e. The molecule has 0 saturated carbocycles. The van der Waals surface area contributed by atoms with Crippen LogP contribution in [0.1, 0.15) is 5.69 Å². The molecule has 4 rings (SSSR count). The van der Waals surface area contributed by atoms with Gasteiger partial charge < -0.3 is 4.90 Å². The second-order valence-electron chi connectivity index (χ2n) is 6.79. The molecule has 3 aromatic rings. The van der Waals surface area contributed by atoms with Gasteiger partial charge in [-0.25, -0.2) is 19.3 Å². The highest BCUT2D eigenvalue weighted by molar-refractivity contribution is 5.40. The first kappa shape index (κ1) is 20.0. The van der Waals surface area contributed by atoms with E-state index < -0.39 is 11.9 Å². The summed E-state index contributed by atoms with van der Waals surface area (Å²) in [5, 5.41) is 8.45. The molecule has 0 spiro atoms. The minimum atomic E-state index is -4.50. The van der Waals surface area contributed by atoms with Crippen LogP contribution in [0.25, 0.3) is 5.82 Å². The van der Waals surface area contributed by atoms with Crippen LogP contribution in [0, 0.1) is 0 Å². The van der Waals surface area contributed by atoms with E-state index in [0.717, 1.165) is 12.4 Å². The molecule has 4 heterocycles. The van der Waals surface area contributed by atoms with Crippen molar-refractivity contribution in [3.05, 3.63) is 59.0 Å². The van der Waals surface area contributed by atoms with Crippen molar-refractivity contribution in [1.29, 1.82) is 0 Å². The van der Waals surface area contributed by atoms with Crippen LogP contribution in [0.4, 0.5) is 19.0 Å². The van der Waals surface area contributed by atoms with Gasteiger partial charge in [0, 0.05) is 57.3 Å². The zero-order chi connectivity index (χ0) is 21.1. The average Bonchev–Trinajstić information content (AvgIpc) is 3.28. The van der Waals surface area contributed by atoms with Gasteiger partial charge in [-0.3, -0.25) is 9.69 Å². The van der Waals surface area contributed by atoms with Gasteiger partial charge in [-0.15, -0.1) is 5.10 Å². The SMILES string of the molecule is O=c1ccc(-n2cccn2)nn1CCN1CCN(c2cc(C(F)(F)F)ncn2)CC1. The fraction of sp³-hybridized carbons (Fsp3) is 0.389. The molecule has 1 saturated heterocycles. The molecule has 9 nitrogen and oxygen atoms in total. The summed E-state index contributed by atoms with van der Waals surface area (Å²) >= 11 is 0. The summed E-state index contributed by atoms with van der Waals surface area (Å²) in [4.78, 5) is 23.3. The van der Waals surface area contributed by atoms with Crippen LogP contribution >= 0.6 is 0 Å². The van der Waals surface area contributed by atoms with E-state index in [0.29, 0.717) is 45.1 Å². The Morgan fingerprint density at radius 2 is 1.80 bits per heavy atom. The van der Waals surface area contributed by atoms with E-state index in [-0.39, 0.29) is 11.4 Å². The monoisotopic (exact) mass is 420 g/mol. The first-order chi connectivity index (χ1) is 14.4. The van der Waals surface area contributed by atoms with Crippen molar-refractivity contribution in [2.45, 2.75) is 12.7 Å².